The van der Waals surface area contributed by atoms with Gasteiger partial charge in [0.05, 0.1) is 6.61 Å². The third kappa shape index (κ3) is 3.93. The molecule has 0 spiro atoms. The number of pyridine rings is 2. The van der Waals surface area contributed by atoms with Crippen LogP contribution in [0.25, 0.3) is 11.0 Å². The van der Waals surface area contributed by atoms with Crippen LogP contribution < -0.4 is 10.1 Å². The number of aromatic amines is 1. The Morgan fingerprint density at radius 3 is 2.75 bits per heavy atom. The number of aryl methyl sites for hydroxylation is 1. The Kier molecular flexibility index (Phi) is 5.14. The average Bonchev–Trinajstić information content (AvgIpc) is 3.10. The van der Waals surface area contributed by atoms with Crippen molar-refractivity contribution in [2.45, 2.75) is 26.8 Å². The molecule has 4 aromatic rings. The monoisotopic (exact) mass is 374 g/mol. The average molecular weight is 374 g/mol. The van der Waals surface area contributed by atoms with Crippen molar-refractivity contribution in [1.82, 2.24) is 24.9 Å². The first-order valence-corrected chi connectivity index (χ1v) is 9.27. The van der Waals surface area contributed by atoms with Crippen molar-refractivity contribution in [3.05, 3.63) is 71.4 Å². The van der Waals surface area contributed by atoms with Crippen molar-refractivity contribution in [2.24, 2.45) is 0 Å². The molecule has 7 heteroatoms. The SMILES string of the molecule is CCOc1ncccc1CNc1ncc(Cc2c[nH]c3ncc(C)cc23)cn1. The van der Waals surface area contributed by atoms with E-state index in [2.05, 4.69) is 36.3 Å². The molecule has 0 aromatic carbocycles. The first-order valence-electron chi connectivity index (χ1n) is 9.27. The van der Waals surface area contributed by atoms with Gasteiger partial charge in [0.15, 0.2) is 0 Å². The van der Waals surface area contributed by atoms with Gasteiger partial charge in [-0.25, -0.2) is 19.9 Å². The minimum absolute atomic E-state index is 0.552. The fourth-order valence-corrected chi connectivity index (χ4v) is 3.07. The summed E-state index contributed by atoms with van der Waals surface area (Å²) in [4.78, 5) is 20.8. The molecule has 0 amide bonds. The van der Waals surface area contributed by atoms with Crippen LogP contribution in [0.2, 0.25) is 0 Å². The number of fused-ring (bicyclic) bond motifs is 1. The molecule has 4 rings (SSSR count). The van der Waals surface area contributed by atoms with E-state index in [-0.39, 0.29) is 0 Å². The molecule has 0 saturated heterocycles. The van der Waals surface area contributed by atoms with Crippen molar-refractivity contribution in [3.63, 3.8) is 0 Å². The van der Waals surface area contributed by atoms with E-state index in [9.17, 15) is 0 Å². The molecular weight excluding hydrogens is 352 g/mol. The van der Waals surface area contributed by atoms with Crippen molar-refractivity contribution in [1.29, 1.82) is 0 Å². The van der Waals surface area contributed by atoms with E-state index in [0.29, 0.717) is 25.0 Å². The Labute approximate surface area is 163 Å². The van der Waals surface area contributed by atoms with Crippen LogP contribution in [-0.4, -0.2) is 31.5 Å². The highest BCUT2D eigenvalue weighted by molar-refractivity contribution is 5.80. The van der Waals surface area contributed by atoms with Crippen LogP contribution in [-0.2, 0) is 13.0 Å². The summed E-state index contributed by atoms with van der Waals surface area (Å²) in [6.07, 6.45) is 10.0. The van der Waals surface area contributed by atoms with Gasteiger partial charge in [-0.15, -0.1) is 0 Å². The third-order valence-corrected chi connectivity index (χ3v) is 4.42. The number of nitrogens with zero attached hydrogens (tertiary/aromatic N) is 4. The Morgan fingerprint density at radius 2 is 1.93 bits per heavy atom. The van der Waals surface area contributed by atoms with Crippen LogP contribution in [0, 0.1) is 6.92 Å². The van der Waals surface area contributed by atoms with Crippen molar-refractivity contribution >= 4 is 17.0 Å². The largest absolute Gasteiger partial charge is 0.478 e. The molecule has 0 aliphatic carbocycles. The van der Waals surface area contributed by atoms with Crippen molar-refractivity contribution in [3.8, 4) is 5.88 Å². The molecule has 0 bridgehead atoms. The minimum Gasteiger partial charge on any atom is -0.478 e. The zero-order chi connectivity index (χ0) is 19.3. The summed E-state index contributed by atoms with van der Waals surface area (Å²) in [6.45, 7) is 5.12. The number of hydrogen-bond acceptors (Lipinski definition) is 6. The Balaban J connectivity index is 1.43. The number of anilines is 1. The molecule has 0 aliphatic heterocycles. The lowest BCUT2D eigenvalue weighted by molar-refractivity contribution is 0.323. The first-order chi connectivity index (χ1) is 13.7. The second-order valence-corrected chi connectivity index (χ2v) is 6.57. The van der Waals surface area contributed by atoms with Crippen molar-refractivity contribution < 1.29 is 4.74 Å². The Hall–Kier alpha value is -3.48. The van der Waals surface area contributed by atoms with E-state index in [0.717, 1.165) is 34.1 Å². The predicted octanol–water partition coefficient (Wildman–Crippen LogP) is 3.66. The van der Waals surface area contributed by atoms with E-state index >= 15 is 0 Å². The zero-order valence-electron chi connectivity index (χ0n) is 15.9. The van der Waals surface area contributed by atoms with E-state index in [1.807, 2.05) is 50.8 Å². The maximum absolute atomic E-state index is 5.55. The lowest BCUT2D eigenvalue weighted by Crippen LogP contribution is -2.07. The van der Waals surface area contributed by atoms with Crippen LogP contribution in [0.1, 0.15) is 29.2 Å². The molecular formula is C21H22N6O. The van der Waals surface area contributed by atoms with Gasteiger partial charge in [0.1, 0.15) is 5.65 Å². The molecule has 0 unspecified atom stereocenters. The lowest BCUT2D eigenvalue weighted by Gasteiger charge is -2.09. The Morgan fingerprint density at radius 1 is 1.07 bits per heavy atom. The smallest absolute Gasteiger partial charge is 0.222 e. The fraction of sp³-hybridized carbons (Fsp3) is 0.238. The molecule has 4 heterocycles. The minimum atomic E-state index is 0.552. The molecule has 0 aliphatic rings. The first kappa shape index (κ1) is 17.9. The molecule has 0 fully saturated rings. The summed E-state index contributed by atoms with van der Waals surface area (Å²) in [7, 11) is 0. The lowest BCUT2D eigenvalue weighted by atomic mass is 10.1. The van der Waals surface area contributed by atoms with Gasteiger partial charge in [0.2, 0.25) is 11.8 Å². The topological polar surface area (TPSA) is 88.6 Å². The fourth-order valence-electron chi connectivity index (χ4n) is 3.07. The van der Waals surface area contributed by atoms with Gasteiger partial charge in [-0.05, 0) is 42.7 Å². The molecule has 2 N–H and O–H groups in total. The van der Waals surface area contributed by atoms with Gasteiger partial charge in [-0.1, -0.05) is 6.07 Å². The number of rotatable bonds is 7. The normalized spacial score (nSPS) is 10.9. The quantitative estimate of drug-likeness (QED) is 0.513. The number of aromatic nitrogens is 5. The summed E-state index contributed by atoms with van der Waals surface area (Å²) in [5.41, 5.74) is 5.25. The van der Waals surface area contributed by atoms with Gasteiger partial charge in [-0.3, -0.25) is 0 Å². The Bertz CT molecular complexity index is 1070. The van der Waals surface area contributed by atoms with Crippen LogP contribution in [0.3, 0.4) is 0 Å². The van der Waals surface area contributed by atoms with E-state index in [4.69, 9.17) is 4.74 Å². The van der Waals surface area contributed by atoms with Crippen LogP contribution in [0.4, 0.5) is 5.95 Å². The van der Waals surface area contributed by atoms with Gasteiger partial charge in [0.25, 0.3) is 0 Å². The van der Waals surface area contributed by atoms with E-state index in [1.165, 1.54) is 5.56 Å². The molecule has 142 valence electrons. The van der Waals surface area contributed by atoms with Gasteiger partial charge in [-0.2, -0.15) is 0 Å². The summed E-state index contributed by atoms with van der Waals surface area (Å²) in [5, 5.41) is 4.37. The van der Waals surface area contributed by atoms with Crippen LogP contribution >= 0.6 is 0 Å². The van der Waals surface area contributed by atoms with E-state index < -0.39 is 0 Å². The molecule has 28 heavy (non-hydrogen) atoms. The standard InChI is InChI=1S/C21H22N6O/c1-3-28-20-16(5-4-6-22-20)12-27-21-25-10-15(11-26-21)8-17-13-24-19-18(17)7-14(2)9-23-19/h4-7,9-11,13H,3,8,12H2,1-2H3,(H,23,24)(H,25,26,27). The van der Waals surface area contributed by atoms with Gasteiger partial charge >= 0.3 is 0 Å². The summed E-state index contributed by atoms with van der Waals surface area (Å²) in [6, 6.07) is 6.02. The molecule has 4 aromatic heterocycles. The number of hydrogen-bond donors (Lipinski definition) is 2. The molecule has 7 nitrogen and oxygen atoms in total. The number of nitrogens with one attached hydrogen (secondary N) is 2. The molecule has 0 radical (unpaired) electrons. The maximum atomic E-state index is 5.55. The summed E-state index contributed by atoms with van der Waals surface area (Å²) < 4.78 is 5.55. The number of H-pyrrole nitrogens is 1. The summed E-state index contributed by atoms with van der Waals surface area (Å²) >= 11 is 0. The van der Waals surface area contributed by atoms with Crippen molar-refractivity contribution in [2.75, 3.05) is 11.9 Å². The van der Waals surface area contributed by atoms with Crippen LogP contribution in [0.5, 0.6) is 5.88 Å². The van der Waals surface area contributed by atoms with Crippen LogP contribution in [0.15, 0.2) is 49.2 Å². The zero-order valence-corrected chi connectivity index (χ0v) is 15.9. The third-order valence-electron chi connectivity index (χ3n) is 4.42. The second-order valence-electron chi connectivity index (χ2n) is 6.57. The summed E-state index contributed by atoms with van der Waals surface area (Å²) in [5.74, 6) is 1.21. The second kappa shape index (κ2) is 8.04. The van der Waals surface area contributed by atoms with Gasteiger partial charge < -0.3 is 15.0 Å². The maximum Gasteiger partial charge on any atom is 0.222 e. The van der Waals surface area contributed by atoms with Gasteiger partial charge in [0, 0.05) is 54.9 Å². The van der Waals surface area contributed by atoms with E-state index in [1.54, 1.807) is 6.20 Å². The highest BCUT2D eigenvalue weighted by atomic mass is 16.5. The number of ether oxygens (including phenoxy) is 1. The molecule has 0 saturated carbocycles. The predicted molar refractivity (Wildman–Crippen MR) is 108 cm³/mol. The highest BCUT2D eigenvalue weighted by Gasteiger charge is 2.08. The molecule has 0 atom stereocenters. The highest BCUT2D eigenvalue weighted by Crippen LogP contribution is 2.20.